The molecule has 0 aliphatic carbocycles. The van der Waals surface area contributed by atoms with Gasteiger partial charge >= 0.3 is 0 Å². The minimum absolute atomic E-state index is 0.575. The van der Waals surface area contributed by atoms with Crippen molar-refractivity contribution < 1.29 is 9.47 Å². The predicted molar refractivity (Wildman–Crippen MR) is 91.3 cm³/mol. The number of benzene rings is 1. The summed E-state index contributed by atoms with van der Waals surface area (Å²) >= 11 is 3.55. The molecule has 21 heavy (non-hydrogen) atoms. The second-order valence-electron chi connectivity index (χ2n) is 5.29. The molecule has 0 radical (unpaired) electrons. The number of nitrogens with zero attached hydrogens (tertiary/aromatic N) is 1. The molecule has 0 bridgehead atoms. The Morgan fingerprint density at radius 2 is 2.05 bits per heavy atom. The van der Waals surface area contributed by atoms with Crippen LogP contribution >= 0.6 is 15.9 Å². The Kier molecular flexibility index (Phi) is 8.07. The molecule has 120 valence electrons. The van der Waals surface area contributed by atoms with Crippen molar-refractivity contribution in [1.29, 1.82) is 0 Å². The number of likely N-dealkylation sites (N-methyl/N-ethyl adjacent to an activating group) is 1. The van der Waals surface area contributed by atoms with E-state index in [-0.39, 0.29) is 0 Å². The summed E-state index contributed by atoms with van der Waals surface area (Å²) in [6.07, 6.45) is 0. The van der Waals surface area contributed by atoms with E-state index < -0.39 is 0 Å². The van der Waals surface area contributed by atoms with E-state index in [1.54, 1.807) is 7.11 Å². The van der Waals surface area contributed by atoms with Crippen LogP contribution in [0.25, 0.3) is 0 Å². The Bertz CT molecular complexity index is 439. The van der Waals surface area contributed by atoms with Crippen LogP contribution in [-0.2, 0) is 6.54 Å². The molecule has 0 saturated carbocycles. The molecule has 5 heteroatoms. The first kappa shape index (κ1) is 18.3. The number of rotatable bonds is 9. The molecule has 1 aromatic carbocycles. The Hall–Kier alpha value is -0.780. The summed E-state index contributed by atoms with van der Waals surface area (Å²) in [4.78, 5) is 2.32. The van der Waals surface area contributed by atoms with Gasteiger partial charge in [-0.2, -0.15) is 0 Å². The first-order chi connectivity index (χ1) is 9.99. The third-order valence-electron chi connectivity index (χ3n) is 3.43. The van der Waals surface area contributed by atoms with Gasteiger partial charge in [0.05, 0.1) is 18.2 Å². The highest BCUT2D eigenvalue weighted by Crippen LogP contribution is 2.36. The summed E-state index contributed by atoms with van der Waals surface area (Å²) in [6, 6.07) is 4.67. The van der Waals surface area contributed by atoms with E-state index in [0.717, 1.165) is 35.6 Å². The Morgan fingerprint density at radius 3 is 2.62 bits per heavy atom. The molecule has 0 aliphatic rings. The van der Waals surface area contributed by atoms with E-state index in [9.17, 15) is 0 Å². The fraction of sp³-hybridized carbons (Fsp3) is 0.625. The van der Waals surface area contributed by atoms with Gasteiger partial charge in [0.15, 0.2) is 11.5 Å². The second-order valence-corrected chi connectivity index (χ2v) is 6.15. The molecule has 0 aliphatic heterocycles. The van der Waals surface area contributed by atoms with Gasteiger partial charge in [-0.3, -0.25) is 0 Å². The lowest BCUT2D eigenvalue weighted by molar-refractivity contribution is 0.273. The molecule has 1 N–H and O–H groups in total. The largest absolute Gasteiger partial charge is 0.493 e. The van der Waals surface area contributed by atoms with Crippen LogP contribution in [0.1, 0.15) is 26.3 Å². The zero-order valence-corrected chi connectivity index (χ0v) is 15.3. The van der Waals surface area contributed by atoms with Crippen LogP contribution < -0.4 is 14.8 Å². The maximum atomic E-state index is 5.60. The van der Waals surface area contributed by atoms with E-state index in [4.69, 9.17) is 9.47 Å². The molecular weight excluding hydrogens is 332 g/mol. The van der Waals surface area contributed by atoms with Gasteiger partial charge in [0.25, 0.3) is 0 Å². The molecule has 4 nitrogen and oxygen atoms in total. The summed E-state index contributed by atoms with van der Waals surface area (Å²) in [6.45, 7) is 9.80. The number of hydrogen-bond acceptors (Lipinski definition) is 4. The van der Waals surface area contributed by atoms with Gasteiger partial charge in [-0.15, -0.1) is 0 Å². The minimum atomic E-state index is 0.575. The van der Waals surface area contributed by atoms with Crippen molar-refractivity contribution in [3.63, 3.8) is 0 Å². The Balaban J connectivity index is 2.58. The zero-order valence-electron chi connectivity index (χ0n) is 13.7. The molecule has 0 aromatic heterocycles. The van der Waals surface area contributed by atoms with Crippen molar-refractivity contribution in [3.8, 4) is 11.5 Å². The van der Waals surface area contributed by atoms with Crippen LogP contribution in [0.2, 0.25) is 0 Å². The highest BCUT2D eigenvalue weighted by atomic mass is 79.9. The van der Waals surface area contributed by atoms with E-state index in [1.807, 2.05) is 13.0 Å². The maximum absolute atomic E-state index is 5.60. The van der Waals surface area contributed by atoms with Crippen LogP contribution in [0.5, 0.6) is 11.5 Å². The fourth-order valence-corrected chi connectivity index (χ4v) is 2.51. The van der Waals surface area contributed by atoms with Crippen LogP contribution in [-0.4, -0.2) is 44.8 Å². The first-order valence-corrected chi connectivity index (χ1v) is 8.19. The van der Waals surface area contributed by atoms with Crippen molar-refractivity contribution in [1.82, 2.24) is 10.2 Å². The van der Waals surface area contributed by atoms with Gasteiger partial charge in [0.1, 0.15) is 0 Å². The lowest BCUT2D eigenvalue weighted by atomic mass is 10.2. The topological polar surface area (TPSA) is 33.7 Å². The molecule has 0 heterocycles. The SMILES string of the molecule is CCOc1c(Br)cc(CNCCN(C)C(C)C)cc1OC. The highest BCUT2D eigenvalue weighted by molar-refractivity contribution is 9.10. The summed E-state index contributed by atoms with van der Waals surface area (Å²) in [5, 5.41) is 3.46. The summed E-state index contributed by atoms with van der Waals surface area (Å²) in [5.74, 6) is 1.53. The zero-order chi connectivity index (χ0) is 15.8. The molecule has 1 aromatic rings. The number of hydrogen-bond donors (Lipinski definition) is 1. The van der Waals surface area contributed by atoms with E-state index in [0.29, 0.717) is 12.6 Å². The lowest BCUT2D eigenvalue weighted by Crippen LogP contribution is -2.33. The molecule has 0 saturated heterocycles. The lowest BCUT2D eigenvalue weighted by Gasteiger charge is -2.21. The summed E-state index contributed by atoms with van der Waals surface area (Å²) < 4.78 is 11.9. The molecule has 0 fully saturated rings. The number of halogens is 1. The van der Waals surface area contributed by atoms with Crippen LogP contribution in [0.3, 0.4) is 0 Å². The van der Waals surface area contributed by atoms with Crippen molar-refractivity contribution >= 4 is 15.9 Å². The second kappa shape index (κ2) is 9.28. The normalized spacial score (nSPS) is 11.2. The van der Waals surface area contributed by atoms with Gasteiger partial charge in [-0.05, 0) is 61.4 Å². The van der Waals surface area contributed by atoms with E-state index in [2.05, 4.69) is 53.1 Å². The molecule has 0 amide bonds. The van der Waals surface area contributed by atoms with Crippen LogP contribution in [0.4, 0.5) is 0 Å². The third-order valence-corrected chi connectivity index (χ3v) is 4.02. The highest BCUT2D eigenvalue weighted by Gasteiger charge is 2.11. The average Bonchev–Trinajstić information content (AvgIpc) is 2.45. The Labute approximate surface area is 136 Å². The molecule has 0 unspecified atom stereocenters. The van der Waals surface area contributed by atoms with Crippen molar-refractivity contribution in [3.05, 3.63) is 22.2 Å². The Morgan fingerprint density at radius 1 is 1.33 bits per heavy atom. The van der Waals surface area contributed by atoms with Crippen molar-refractivity contribution in [2.45, 2.75) is 33.4 Å². The van der Waals surface area contributed by atoms with E-state index in [1.165, 1.54) is 5.56 Å². The maximum Gasteiger partial charge on any atom is 0.175 e. The molecule has 0 spiro atoms. The minimum Gasteiger partial charge on any atom is -0.493 e. The third kappa shape index (κ3) is 5.85. The quantitative estimate of drug-likeness (QED) is 0.686. The standard InChI is InChI=1S/C16H27BrN2O2/c1-6-21-16-14(17)9-13(10-15(16)20-5)11-18-7-8-19(4)12(2)3/h9-10,12,18H,6-8,11H2,1-5H3. The number of methoxy groups -OCH3 is 1. The first-order valence-electron chi connectivity index (χ1n) is 7.39. The van der Waals surface area contributed by atoms with Crippen LogP contribution in [0.15, 0.2) is 16.6 Å². The molecule has 0 atom stereocenters. The summed E-state index contributed by atoms with van der Waals surface area (Å²) in [5.41, 5.74) is 1.18. The van der Waals surface area contributed by atoms with Gasteiger partial charge < -0.3 is 19.7 Å². The predicted octanol–water partition coefficient (Wildman–Crippen LogP) is 3.29. The van der Waals surface area contributed by atoms with E-state index >= 15 is 0 Å². The monoisotopic (exact) mass is 358 g/mol. The van der Waals surface area contributed by atoms with Gasteiger partial charge in [-0.1, -0.05) is 0 Å². The van der Waals surface area contributed by atoms with Gasteiger partial charge in [0.2, 0.25) is 0 Å². The van der Waals surface area contributed by atoms with Gasteiger partial charge in [0, 0.05) is 25.7 Å². The molecular formula is C16H27BrN2O2. The smallest absolute Gasteiger partial charge is 0.175 e. The molecule has 1 rings (SSSR count). The van der Waals surface area contributed by atoms with Gasteiger partial charge in [-0.25, -0.2) is 0 Å². The number of ether oxygens (including phenoxy) is 2. The number of nitrogens with one attached hydrogen (secondary N) is 1. The van der Waals surface area contributed by atoms with Crippen LogP contribution in [0, 0.1) is 0 Å². The van der Waals surface area contributed by atoms with Crippen molar-refractivity contribution in [2.24, 2.45) is 0 Å². The van der Waals surface area contributed by atoms with Crippen molar-refractivity contribution in [2.75, 3.05) is 33.9 Å². The average molecular weight is 359 g/mol. The summed E-state index contributed by atoms with van der Waals surface area (Å²) in [7, 11) is 3.81. The fourth-order valence-electron chi connectivity index (χ4n) is 1.91.